The zero-order chi connectivity index (χ0) is 43.0. The van der Waals surface area contributed by atoms with E-state index in [2.05, 4.69) is 67.4 Å². The van der Waals surface area contributed by atoms with Gasteiger partial charge in [-0.1, -0.05) is 43.7 Å². The molecule has 3 aromatic heterocycles. The molecular weight excluding hydrogens is 787 g/mol. The van der Waals surface area contributed by atoms with E-state index in [1.165, 1.54) is 15.7 Å². The molecule has 15 nitrogen and oxygen atoms in total. The lowest BCUT2D eigenvalue weighted by molar-refractivity contribution is -0.135. The van der Waals surface area contributed by atoms with Crippen LogP contribution >= 0.6 is 0 Å². The fraction of sp³-hybridized carbons (Fsp3) is 0.553. The summed E-state index contributed by atoms with van der Waals surface area (Å²) in [5.74, 6) is -0.0456. The first-order chi connectivity index (χ1) is 30.2. The minimum Gasteiger partial charge on any atom is -0.393 e. The smallest absolute Gasteiger partial charge is 0.329 e. The monoisotopic (exact) mass is 849 g/mol. The number of anilines is 1. The number of benzene rings is 2. The van der Waals surface area contributed by atoms with Crippen LogP contribution in [-0.4, -0.2) is 122 Å². The molecule has 3 N–H and O–H groups in total. The molecule has 0 radical (unpaired) electrons. The minimum absolute atomic E-state index is 0.201. The number of piperidine rings is 1. The predicted octanol–water partition coefficient (Wildman–Crippen LogP) is 5.20. The number of ether oxygens (including phenoxy) is 2. The molecule has 62 heavy (non-hydrogen) atoms. The van der Waals surface area contributed by atoms with E-state index in [0.717, 1.165) is 125 Å². The number of nitrogens with zero attached hydrogens (tertiary/aromatic N) is 7. The molecular formula is C47H63N9O6. The van der Waals surface area contributed by atoms with Gasteiger partial charge in [-0.15, -0.1) is 0 Å². The first-order valence-electron chi connectivity index (χ1n) is 22.8. The van der Waals surface area contributed by atoms with Crippen LogP contribution in [0.5, 0.6) is 0 Å². The summed E-state index contributed by atoms with van der Waals surface area (Å²) in [6.07, 6.45) is 12.0. The van der Waals surface area contributed by atoms with Gasteiger partial charge in [-0.25, -0.2) is 9.78 Å². The van der Waals surface area contributed by atoms with Crippen molar-refractivity contribution < 1.29 is 24.2 Å². The van der Waals surface area contributed by atoms with Crippen LogP contribution in [0.3, 0.4) is 0 Å². The number of imide groups is 1. The summed E-state index contributed by atoms with van der Waals surface area (Å²) in [4.78, 5) is 51.8. The number of rotatable bonds is 19. The molecule has 5 aromatic rings. The number of nitrogens with one attached hydrogen (secondary N) is 2. The average molecular weight is 850 g/mol. The fourth-order valence-electron chi connectivity index (χ4n) is 9.24. The number of aliphatic hydroxyl groups is 1. The largest absolute Gasteiger partial charge is 0.393 e. The molecule has 2 amide bonds. The van der Waals surface area contributed by atoms with Crippen LogP contribution in [-0.2, 0) is 39.1 Å². The van der Waals surface area contributed by atoms with Crippen LogP contribution in [0.15, 0.2) is 59.7 Å². The van der Waals surface area contributed by atoms with Gasteiger partial charge in [0.1, 0.15) is 11.7 Å². The van der Waals surface area contributed by atoms with E-state index in [-0.39, 0.29) is 24.1 Å². The van der Waals surface area contributed by atoms with Crippen molar-refractivity contribution in [2.45, 2.75) is 95.9 Å². The Kier molecular flexibility index (Phi) is 14.5. The Morgan fingerprint density at radius 3 is 2.35 bits per heavy atom. The highest BCUT2D eigenvalue weighted by Gasteiger charge is 2.31. The number of piperazine rings is 1. The molecule has 1 aliphatic carbocycles. The number of aryl methyl sites for hydroxylation is 2. The Balaban J connectivity index is 0.731. The van der Waals surface area contributed by atoms with Gasteiger partial charge >= 0.3 is 5.69 Å². The van der Waals surface area contributed by atoms with Gasteiger partial charge in [0.2, 0.25) is 17.8 Å². The molecule has 332 valence electrons. The second-order valence-electron chi connectivity index (χ2n) is 17.3. The fourth-order valence-corrected chi connectivity index (χ4v) is 9.24. The molecule has 2 aromatic carbocycles. The molecule has 5 heterocycles. The average Bonchev–Trinajstić information content (AvgIpc) is 3.77. The number of aromatic nitrogens is 5. The number of fused-ring (bicyclic) bond motifs is 2. The lowest BCUT2D eigenvalue weighted by Gasteiger charge is -2.34. The third-order valence-electron chi connectivity index (χ3n) is 12.9. The normalized spacial score (nSPS) is 20.3. The van der Waals surface area contributed by atoms with Crippen molar-refractivity contribution in [1.29, 1.82) is 0 Å². The molecule has 1 atom stereocenters. The van der Waals surface area contributed by atoms with Crippen LogP contribution in [0, 0.1) is 0 Å². The Morgan fingerprint density at radius 2 is 1.60 bits per heavy atom. The number of aliphatic hydroxyl groups excluding tert-OH is 1. The van der Waals surface area contributed by atoms with Gasteiger partial charge in [0.05, 0.1) is 37.0 Å². The summed E-state index contributed by atoms with van der Waals surface area (Å²) in [6.45, 7) is 11.4. The van der Waals surface area contributed by atoms with E-state index in [0.29, 0.717) is 50.4 Å². The van der Waals surface area contributed by atoms with E-state index in [9.17, 15) is 19.5 Å². The van der Waals surface area contributed by atoms with Gasteiger partial charge in [-0.2, -0.15) is 4.98 Å². The van der Waals surface area contributed by atoms with Gasteiger partial charge in [0.25, 0.3) is 0 Å². The standard InChI is InChI=1S/C47H63N9O6/c1-3-4-19-48-46-49-30-38-39(32-55(44(38)51-46)36-12-14-37(57)15-13-36)35-10-7-34(8-11-35)31-54-22-20-53(21-23-54)24-26-62-28-27-61-25-5-6-33-9-16-40-42(29-33)52(2)47(60)56(40)41-17-18-43(58)50-45(41)59/h7-11,16,29-30,32,36-37,41,57H,3-6,12-15,17-28,31H2,1-2H3,(H,48,49,51)(H,50,58,59)/t36?,37?,41-/m0/s1. The molecule has 8 rings (SSSR count). The van der Waals surface area contributed by atoms with E-state index >= 15 is 0 Å². The molecule has 2 aliphatic heterocycles. The minimum atomic E-state index is -0.682. The Morgan fingerprint density at radius 1 is 0.855 bits per heavy atom. The maximum atomic E-state index is 13.0. The van der Waals surface area contributed by atoms with Crippen molar-refractivity contribution in [1.82, 2.24) is 38.8 Å². The summed E-state index contributed by atoms with van der Waals surface area (Å²) < 4.78 is 17.2. The van der Waals surface area contributed by atoms with Crippen LogP contribution in [0.2, 0.25) is 0 Å². The van der Waals surface area contributed by atoms with Gasteiger partial charge in [-0.3, -0.25) is 33.8 Å². The van der Waals surface area contributed by atoms with Crippen molar-refractivity contribution in [2.24, 2.45) is 7.05 Å². The maximum Gasteiger partial charge on any atom is 0.329 e. The zero-order valence-corrected chi connectivity index (χ0v) is 36.4. The molecule has 15 heteroatoms. The molecule has 1 saturated carbocycles. The summed E-state index contributed by atoms with van der Waals surface area (Å²) in [7, 11) is 1.72. The van der Waals surface area contributed by atoms with Crippen molar-refractivity contribution in [2.75, 3.05) is 71.0 Å². The molecule has 3 fully saturated rings. The van der Waals surface area contributed by atoms with Crippen LogP contribution < -0.4 is 16.3 Å². The van der Waals surface area contributed by atoms with Crippen molar-refractivity contribution >= 4 is 39.8 Å². The number of hydrogen-bond donors (Lipinski definition) is 3. The number of carbonyl (C=O) groups excluding carboxylic acids is 2. The van der Waals surface area contributed by atoms with E-state index in [1.807, 2.05) is 24.4 Å². The van der Waals surface area contributed by atoms with Crippen LogP contribution in [0.1, 0.15) is 87.9 Å². The number of hydrogen-bond acceptors (Lipinski definition) is 11. The van der Waals surface area contributed by atoms with Crippen molar-refractivity contribution in [3.05, 3.63) is 76.5 Å². The van der Waals surface area contributed by atoms with Gasteiger partial charge in [0.15, 0.2) is 0 Å². The third kappa shape index (κ3) is 10.3. The first kappa shape index (κ1) is 43.7. The second kappa shape index (κ2) is 20.5. The molecule has 0 unspecified atom stereocenters. The molecule has 0 spiro atoms. The Hall–Kier alpha value is -4.93. The third-order valence-corrected chi connectivity index (χ3v) is 12.9. The Labute approximate surface area is 363 Å². The first-order valence-corrected chi connectivity index (χ1v) is 22.8. The molecule has 2 saturated heterocycles. The van der Waals surface area contributed by atoms with Crippen LogP contribution in [0.4, 0.5) is 5.95 Å². The number of unbranched alkanes of at least 4 members (excludes halogenated alkanes) is 1. The topological polar surface area (TPSA) is 161 Å². The van der Waals surface area contributed by atoms with Crippen molar-refractivity contribution in [3.8, 4) is 11.1 Å². The highest BCUT2D eigenvalue weighted by molar-refractivity contribution is 6.00. The SMILES string of the molecule is CCCCNc1ncc2c(-c3ccc(CN4CCN(CCOCCOCCCc5ccc6c(c5)n(C)c(=O)n6[C@H]5CCC(=O)NC5=O)CC4)cc3)cn(C3CCC(O)CC3)c2n1. The second-order valence-corrected chi connectivity index (χ2v) is 17.3. The summed E-state index contributed by atoms with van der Waals surface area (Å²) in [5.41, 5.74) is 6.91. The van der Waals surface area contributed by atoms with E-state index in [1.54, 1.807) is 11.6 Å². The number of amides is 2. The summed E-state index contributed by atoms with van der Waals surface area (Å²) in [6, 6.07) is 14.5. The molecule has 0 bridgehead atoms. The van der Waals surface area contributed by atoms with E-state index < -0.39 is 11.9 Å². The highest BCUT2D eigenvalue weighted by Crippen LogP contribution is 2.37. The summed E-state index contributed by atoms with van der Waals surface area (Å²) >= 11 is 0. The van der Waals surface area contributed by atoms with Crippen LogP contribution in [0.25, 0.3) is 33.2 Å². The number of imidazole rings is 1. The number of carbonyl (C=O) groups is 2. The highest BCUT2D eigenvalue weighted by atomic mass is 16.5. The predicted molar refractivity (Wildman–Crippen MR) is 240 cm³/mol. The van der Waals surface area contributed by atoms with Gasteiger partial charge in [-0.05, 0) is 80.2 Å². The van der Waals surface area contributed by atoms with Crippen molar-refractivity contribution in [3.63, 3.8) is 0 Å². The lowest BCUT2D eigenvalue weighted by Crippen LogP contribution is -2.46. The quantitative estimate of drug-likeness (QED) is 0.0741. The van der Waals surface area contributed by atoms with E-state index in [4.69, 9.17) is 14.5 Å². The molecule has 3 aliphatic rings. The maximum absolute atomic E-state index is 13.0. The summed E-state index contributed by atoms with van der Waals surface area (Å²) in [5, 5.41) is 17.0. The zero-order valence-electron chi connectivity index (χ0n) is 36.4. The van der Waals surface area contributed by atoms with Gasteiger partial charge < -0.3 is 24.5 Å². The van der Waals surface area contributed by atoms with Gasteiger partial charge in [0, 0.05) is 95.3 Å². The Bertz CT molecular complexity index is 2360. The lowest BCUT2D eigenvalue weighted by atomic mass is 9.93.